The molecule has 0 fully saturated rings. The summed E-state index contributed by atoms with van der Waals surface area (Å²) in [7, 11) is 6.01. The molecule has 0 atom stereocenters. The first-order chi connectivity index (χ1) is 7.24. The molecule has 0 aromatic heterocycles. The molecular weight excluding hydrogens is 184 g/mol. The molecule has 80 valence electrons. The van der Waals surface area contributed by atoms with Crippen molar-refractivity contribution in [1.29, 1.82) is 0 Å². The van der Waals surface area contributed by atoms with Crippen molar-refractivity contribution in [2.24, 2.45) is 0 Å². The molecule has 0 unspecified atom stereocenters. The zero-order valence-electron chi connectivity index (χ0n) is 9.67. The number of benzene rings is 1. The maximum absolute atomic E-state index is 3.16. The summed E-state index contributed by atoms with van der Waals surface area (Å²) >= 11 is 0. The van der Waals surface area contributed by atoms with Crippen LogP contribution >= 0.6 is 0 Å². The third-order valence-corrected chi connectivity index (χ3v) is 2.10. The van der Waals surface area contributed by atoms with Crippen LogP contribution in [0.3, 0.4) is 0 Å². The van der Waals surface area contributed by atoms with Crippen molar-refractivity contribution in [3.63, 3.8) is 0 Å². The summed E-state index contributed by atoms with van der Waals surface area (Å²) in [6.07, 6.45) is 0.892. The molecule has 0 aliphatic heterocycles. The highest BCUT2D eigenvalue weighted by Gasteiger charge is 1.94. The minimum Gasteiger partial charge on any atom is -0.378 e. The Morgan fingerprint density at radius 2 is 2.13 bits per heavy atom. The van der Waals surface area contributed by atoms with E-state index in [2.05, 4.69) is 34.2 Å². The largest absolute Gasteiger partial charge is 0.378 e. The van der Waals surface area contributed by atoms with Crippen molar-refractivity contribution in [2.75, 3.05) is 32.6 Å². The second-order valence-corrected chi connectivity index (χ2v) is 3.60. The van der Waals surface area contributed by atoms with Crippen LogP contribution < -0.4 is 10.2 Å². The molecule has 0 saturated carbocycles. The van der Waals surface area contributed by atoms with E-state index in [1.165, 1.54) is 5.69 Å². The van der Waals surface area contributed by atoms with Crippen molar-refractivity contribution in [2.45, 2.75) is 6.42 Å². The zero-order valence-corrected chi connectivity index (χ0v) is 9.67. The van der Waals surface area contributed by atoms with Gasteiger partial charge in [-0.2, -0.15) is 0 Å². The highest BCUT2D eigenvalue weighted by molar-refractivity contribution is 5.51. The molecule has 1 rings (SSSR count). The molecule has 2 nitrogen and oxygen atoms in total. The fourth-order valence-corrected chi connectivity index (χ4v) is 1.21. The lowest BCUT2D eigenvalue weighted by molar-refractivity contribution is 0.818. The van der Waals surface area contributed by atoms with Crippen LogP contribution in [0.15, 0.2) is 24.3 Å². The first-order valence-electron chi connectivity index (χ1n) is 5.15. The predicted octanol–water partition coefficient (Wildman–Crippen LogP) is 1.71. The molecule has 0 aliphatic carbocycles. The van der Waals surface area contributed by atoms with E-state index in [4.69, 9.17) is 0 Å². The Balaban J connectivity index is 2.67. The maximum atomic E-state index is 3.16. The van der Waals surface area contributed by atoms with Gasteiger partial charge in [0.15, 0.2) is 0 Å². The molecule has 2 heteroatoms. The molecule has 0 saturated heterocycles. The van der Waals surface area contributed by atoms with Crippen molar-refractivity contribution in [3.8, 4) is 11.8 Å². The summed E-state index contributed by atoms with van der Waals surface area (Å²) in [5.74, 6) is 6.30. The van der Waals surface area contributed by atoms with E-state index in [1.807, 2.05) is 33.3 Å². The standard InChI is InChI=1S/C13H18N2/c1-14-10-5-4-7-12-8-6-9-13(11-12)15(2)3/h6,8-9,11,14H,5,10H2,1-3H3. The molecule has 15 heavy (non-hydrogen) atoms. The summed E-state index contributed by atoms with van der Waals surface area (Å²) in [5.41, 5.74) is 2.27. The van der Waals surface area contributed by atoms with Gasteiger partial charge in [0, 0.05) is 38.3 Å². The number of hydrogen-bond donors (Lipinski definition) is 1. The number of anilines is 1. The quantitative estimate of drug-likeness (QED) is 0.593. The van der Waals surface area contributed by atoms with Crippen LogP contribution in [0, 0.1) is 11.8 Å². The van der Waals surface area contributed by atoms with Crippen molar-refractivity contribution < 1.29 is 0 Å². The highest BCUT2D eigenvalue weighted by atomic mass is 15.1. The van der Waals surface area contributed by atoms with Crippen LogP contribution in [0.2, 0.25) is 0 Å². The van der Waals surface area contributed by atoms with E-state index in [-0.39, 0.29) is 0 Å². The fourth-order valence-electron chi connectivity index (χ4n) is 1.21. The van der Waals surface area contributed by atoms with Gasteiger partial charge in [-0.05, 0) is 25.2 Å². The molecule has 1 aromatic carbocycles. The molecule has 0 spiro atoms. The van der Waals surface area contributed by atoms with Crippen LogP contribution in [0.4, 0.5) is 5.69 Å². The van der Waals surface area contributed by atoms with E-state index in [0.29, 0.717) is 0 Å². The van der Waals surface area contributed by atoms with Crippen LogP contribution in [0.5, 0.6) is 0 Å². The number of hydrogen-bond acceptors (Lipinski definition) is 2. The van der Waals surface area contributed by atoms with Gasteiger partial charge >= 0.3 is 0 Å². The van der Waals surface area contributed by atoms with E-state index in [9.17, 15) is 0 Å². The van der Waals surface area contributed by atoms with Gasteiger partial charge in [0.1, 0.15) is 0 Å². The minimum atomic E-state index is 0.892. The molecule has 0 amide bonds. The van der Waals surface area contributed by atoms with Crippen LogP contribution in [0.1, 0.15) is 12.0 Å². The van der Waals surface area contributed by atoms with Crippen LogP contribution in [-0.4, -0.2) is 27.7 Å². The molecule has 1 N–H and O–H groups in total. The van der Waals surface area contributed by atoms with Gasteiger partial charge in [0.25, 0.3) is 0 Å². The van der Waals surface area contributed by atoms with Crippen molar-refractivity contribution in [1.82, 2.24) is 5.32 Å². The zero-order chi connectivity index (χ0) is 11.1. The second-order valence-electron chi connectivity index (χ2n) is 3.60. The molecule has 0 aliphatic rings. The Morgan fingerprint density at radius 3 is 2.80 bits per heavy atom. The average molecular weight is 202 g/mol. The first kappa shape index (κ1) is 11.6. The Labute approximate surface area is 92.3 Å². The lowest BCUT2D eigenvalue weighted by Gasteiger charge is -2.11. The molecular formula is C13H18N2. The van der Waals surface area contributed by atoms with E-state index in [0.717, 1.165) is 18.5 Å². The Kier molecular flexibility index (Phi) is 4.73. The number of nitrogens with one attached hydrogen (secondary N) is 1. The van der Waals surface area contributed by atoms with E-state index >= 15 is 0 Å². The van der Waals surface area contributed by atoms with Gasteiger partial charge in [-0.1, -0.05) is 17.9 Å². The Bertz CT molecular complexity index is 358. The summed E-state index contributed by atoms with van der Waals surface area (Å²) in [6, 6.07) is 8.27. The van der Waals surface area contributed by atoms with Gasteiger partial charge in [0.2, 0.25) is 0 Å². The molecule has 1 aromatic rings. The fraction of sp³-hybridized carbons (Fsp3) is 0.385. The smallest absolute Gasteiger partial charge is 0.0373 e. The third-order valence-electron chi connectivity index (χ3n) is 2.10. The number of rotatable bonds is 3. The molecule has 0 radical (unpaired) electrons. The van der Waals surface area contributed by atoms with Gasteiger partial charge in [-0.25, -0.2) is 0 Å². The monoisotopic (exact) mass is 202 g/mol. The summed E-state index contributed by atoms with van der Waals surface area (Å²) in [4.78, 5) is 2.08. The van der Waals surface area contributed by atoms with Crippen molar-refractivity contribution >= 4 is 5.69 Å². The van der Waals surface area contributed by atoms with Gasteiger partial charge in [-0.3, -0.25) is 0 Å². The first-order valence-corrected chi connectivity index (χ1v) is 5.15. The summed E-state index contributed by atoms with van der Waals surface area (Å²) in [6.45, 7) is 0.945. The minimum absolute atomic E-state index is 0.892. The molecule has 0 heterocycles. The normalized spacial score (nSPS) is 9.27. The van der Waals surface area contributed by atoms with Gasteiger partial charge in [0.05, 0.1) is 0 Å². The second kappa shape index (κ2) is 6.10. The maximum Gasteiger partial charge on any atom is 0.0373 e. The topological polar surface area (TPSA) is 15.3 Å². The average Bonchev–Trinajstić information content (AvgIpc) is 2.25. The third kappa shape index (κ3) is 4.05. The van der Waals surface area contributed by atoms with Crippen LogP contribution in [0.25, 0.3) is 0 Å². The Hall–Kier alpha value is -1.46. The highest BCUT2D eigenvalue weighted by Crippen LogP contribution is 2.12. The lowest BCUT2D eigenvalue weighted by Crippen LogP contribution is -2.08. The van der Waals surface area contributed by atoms with Gasteiger partial charge < -0.3 is 10.2 Å². The van der Waals surface area contributed by atoms with Crippen molar-refractivity contribution in [3.05, 3.63) is 29.8 Å². The SMILES string of the molecule is CNCCC#Cc1cccc(N(C)C)c1. The number of nitrogens with zero attached hydrogens (tertiary/aromatic N) is 1. The lowest BCUT2D eigenvalue weighted by atomic mass is 10.2. The van der Waals surface area contributed by atoms with Gasteiger partial charge in [-0.15, -0.1) is 0 Å². The van der Waals surface area contributed by atoms with E-state index in [1.54, 1.807) is 0 Å². The molecule has 0 bridgehead atoms. The Morgan fingerprint density at radius 1 is 1.33 bits per heavy atom. The van der Waals surface area contributed by atoms with E-state index < -0.39 is 0 Å². The summed E-state index contributed by atoms with van der Waals surface area (Å²) < 4.78 is 0. The van der Waals surface area contributed by atoms with Crippen LogP contribution in [-0.2, 0) is 0 Å². The summed E-state index contributed by atoms with van der Waals surface area (Å²) in [5, 5.41) is 3.07. The predicted molar refractivity (Wildman–Crippen MR) is 66.2 cm³/mol.